The summed E-state index contributed by atoms with van der Waals surface area (Å²) in [6.45, 7) is 0. The molecule has 0 radical (unpaired) electrons. The van der Waals surface area contributed by atoms with Crippen LogP contribution >= 0.6 is 8.38 Å². The van der Waals surface area contributed by atoms with E-state index in [1.807, 2.05) is 97.1 Å². The summed E-state index contributed by atoms with van der Waals surface area (Å²) >= 11 is 0. The van der Waals surface area contributed by atoms with E-state index < -0.39 is 8.38 Å². The van der Waals surface area contributed by atoms with Gasteiger partial charge in [0.2, 0.25) is 0 Å². The zero-order valence-corrected chi connectivity index (χ0v) is 17.5. The number of aromatic nitrogens is 1. The van der Waals surface area contributed by atoms with Crippen molar-refractivity contribution in [3.8, 4) is 17.6 Å². The van der Waals surface area contributed by atoms with Gasteiger partial charge >= 0.3 is 8.38 Å². The molecule has 5 nitrogen and oxygen atoms in total. The molecule has 0 saturated carbocycles. The second-order valence-corrected chi connectivity index (χ2v) is 8.05. The van der Waals surface area contributed by atoms with Crippen LogP contribution < -0.4 is 14.4 Å². The minimum Gasteiger partial charge on any atom is -0.437 e. The van der Waals surface area contributed by atoms with Crippen molar-refractivity contribution >= 4 is 14.1 Å². The molecule has 4 rings (SSSR count). The quantitative estimate of drug-likeness (QED) is 0.325. The Morgan fingerprint density at radius 1 is 0.742 bits per heavy atom. The summed E-state index contributed by atoms with van der Waals surface area (Å²) in [5.74, 6) is 1.09. The van der Waals surface area contributed by atoms with E-state index in [2.05, 4.69) is 16.4 Å². The number of nitrogens with one attached hydrogen (secondary N) is 1. The number of nitriles is 1. The topological polar surface area (TPSA) is 67.2 Å². The van der Waals surface area contributed by atoms with Crippen LogP contribution in [0, 0.1) is 11.3 Å². The minimum atomic E-state index is -1.52. The van der Waals surface area contributed by atoms with Crippen LogP contribution in [0.4, 0.5) is 5.69 Å². The van der Waals surface area contributed by atoms with Gasteiger partial charge in [-0.05, 0) is 42.5 Å². The van der Waals surface area contributed by atoms with Crippen LogP contribution in [0.1, 0.15) is 17.0 Å². The van der Waals surface area contributed by atoms with E-state index >= 15 is 0 Å². The lowest BCUT2D eigenvalue weighted by Gasteiger charge is -2.28. The molecule has 1 atom stereocenters. The molecule has 0 spiro atoms. The van der Waals surface area contributed by atoms with Crippen LogP contribution in [-0.2, 0) is 0 Å². The number of para-hydroxylation sites is 3. The molecule has 1 N–H and O–H groups in total. The Hall–Kier alpha value is -3.87. The number of rotatable bonds is 8. The molecule has 1 aromatic heterocycles. The number of hydrogen-bond acceptors (Lipinski definition) is 5. The second-order valence-electron chi connectivity index (χ2n) is 6.60. The van der Waals surface area contributed by atoms with E-state index in [1.165, 1.54) is 0 Å². The van der Waals surface area contributed by atoms with Gasteiger partial charge in [-0.15, -0.1) is 0 Å². The summed E-state index contributed by atoms with van der Waals surface area (Å²) in [6.07, 6.45) is 1.69. The van der Waals surface area contributed by atoms with E-state index in [4.69, 9.17) is 14.3 Å². The zero-order chi connectivity index (χ0) is 21.3. The molecule has 1 unspecified atom stereocenters. The smallest absolute Gasteiger partial charge is 0.319 e. The van der Waals surface area contributed by atoms with Crippen LogP contribution in [0.5, 0.6) is 11.5 Å². The predicted molar refractivity (Wildman–Crippen MR) is 123 cm³/mol. The lowest BCUT2D eigenvalue weighted by molar-refractivity contribution is 0.479. The van der Waals surface area contributed by atoms with Crippen LogP contribution in [-0.4, -0.2) is 4.98 Å². The highest BCUT2D eigenvalue weighted by molar-refractivity contribution is 7.48. The van der Waals surface area contributed by atoms with Gasteiger partial charge in [-0.3, -0.25) is 0 Å². The number of pyridine rings is 1. The Balaban J connectivity index is 1.72. The van der Waals surface area contributed by atoms with Gasteiger partial charge in [-0.25, -0.2) is 4.98 Å². The van der Waals surface area contributed by atoms with Crippen molar-refractivity contribution in [1.29, 1.82) is 5.26 Å². The number of hydrogen-bond donors (Lipinski definition) is 1. The Morgan fingerprint density at radius 2 is 1.29 bits per heavy atom. The fraction of sp³-hybridized carbons (Fsp3) is 0.0400. The summed E-state index contributed by atoms with van der Waals surface area (Å²) in [5, 5.41) is 12.7. The largest absolute Gasteiger partial charge is 0.437 e. The first-order valence-electron chi connectivity index (χ1n) is 9.75. The van der Waals surface area contributed by atoms with E-state index in [0.29, 0.717) is 17.2 Å². The lowest BCUT2D eigenvalue weighted by atomic mass is 10.2. The SMILES string of the molecule is N#Cc1ccc(C(Nc2ccccc2)P(Oc2ccccc2)Oc2ccccc2)cn1. The number of benzene rings is 3. The van der Waals surface area contributed by atoms with Gasteiger partial charge in [0.15, 0.2) is 0 Å². The highest BCUT2D eigenvalue weighted by atomic mass is 31.2. The standard InChI is InChI=1S/C25H20N3O2P/c26-18-22-17-16-20(19-27-22)25(28-21-10-4-1-5-11-21)31(29-23-12-6-2-7-13-23)30-24-14-8-3-9-15-24/h1-17,19,25,28H. The Morgan fingerprint density at radius 3 is 1.77 bits per heavy atom. The van der Waals surface area contributed by atoms with Gasteiger partial charge in [0.25, 0.3) is 0 Å². The molecule has 152 valence electrons. The van der Waals surface area contributed by atoms with Crippen molar-refractivity contribution in [2.24, 2.45) is 0 Å². The first-order chi connectivity index (χ1) is 15.3. The molecule has 0 bridgehead atoms. The molecule has 0 amide bonds. The van der Waals surface area contributed by atoms with Crippen molar-refractivity contribution in [1.82, 2.24) is 4.98 Å². The molecule has 1 heterocycles. The Kier molecular flexibility index (Phi) is 6.74. The lowest BCUT2D eigenvalue weighted by Crippen LogP contribution is -2.15. The van der Waals surface area contributed by atoms with Gasteiger partial charge < -0.3 is 14.4 Å². The van der Waals surface area contributed by atoms with Crippen molar-refractivity contribution in [3.05, 3.63) is 121 Å². The first-order valence-corrected chi connectivity index (χ1v) is 11.0. The zero-order valence-electron chi connectivity index (χ0n) is 16.6. The maximum absolute atomic E-state index is 9.13. The minimum absolute atomic E-state index is 0.335. The predicted octanol–water partition coefficient (Wildman–Crippen LogP) is 6.53. The molecule has 6 heteroatoms. The number of anilines is 1. The van der Waals surface area contributed by atoms with Gasteiger partial charge in [-0.2, -0.15) is 5.26 Å². The summed E-state index contributed by atoms with van der Waals surface area (Å²) < 4.78 is 12.7. The van der Waals surface area contributed by atoms with Crippen LogP contribution in [0.15, 0.2) is 109 Å². The fourth-order valence-corrected chi connectivity index (χ4v) is 4.44. The third kappa shape index (κ3) is 5.60. The van der Waals surface area contributed by atoms with Crippen molar-refractivity contribution in [2.45, 2.75) is 5.78 Å². The molecular formula is C25H20N3O2P. The summed E-state index contributed by atoms with van der Waals surface area (Å²) in [6, 6.07) is 34.7. The molecule has 3 aromatic carbocycles. The molecule has 31 heavy (non-hydrogen) atoms. The molecular weight excluding hydrogens is 405 g/mol. The molecule has 4 aromatic rings. The average Bonchev–Trinajstić information content (AvgIpc) is 2.84. The van der Waals surface area contributed by atoms with E-state index in [-0.39, 0.29) is 5.78 Å². The molecule has 0 aliphatic carbocycles. The Labute approximate surface area is 182 Å². The summed E-state index contributed by atoms with van der Waals surface area (Å²) in [5.41, 5.74) is 2.15. The van der Waals surface area contributed by atoms with Crippen LogP contribution in [0.3, 0.4) is 0 Å². The van der Waals surface area contributed by atoms with E-state index in [0.717, 1.165) is 11.3 Å². The molecule has 0 aliphatic rings. The van der Waals surface area contributed by atoms with Gasteiger partial charge in [0, 0.05) is 17.4 Å². The van der Waals surface area contributed by atoms with Gasteiger partial charge in [0.05, 0.1) is 0 Å². The fourth-order valence-electron chi connectivity index (χ4n) is 2.88. The van der Waals surface area contributed by atoms with Gasteiger partial charge in [-0.1, -0.05) is 60.7 Å². The molecule has 0 fully saturated rings. The van der Waals surface area contributed by atoms with Crippen molar-refractivity contribution in [2.75, 3.05) is 5.32 Å². The third-order valence-corrected chi connectivity index (χ3v) is 6.01. The maximum atomic E-state index is 9.13. The molecule has 0 aliphatic heterocycles. The van der Waals surface area contributed by atoms with Crippen molar-refractivity contribution < 1.29 is 9.05 Å². The van der Waals surface area contributed by atoms with E-state index in [9.17, 15) is 0 Å². The average molecular weight is 425 g/mol. The van der Waals surface area contributed by atoms with Crippen LogP contribution in [0.25, 0.3) is 0 Å². The van der Waals surface area contributed by atoms with Gasteiger partial charge in [0.1, 0.15) is 29.0 Å². The third-order valence-electron chi connectivity index (χ3n) is 4.38. The van der Waals surface area contributed by atoms with E-state index in [1.54, 1.807) is 12.3 Å². The number of nitrogens with zero attached hydrogens (tertiary/aromatic N) is 2. The second kappa shape index (κ2) is 10.2. The van der Waals surface area contributed by atoms with Crippen molar-refractivity contribution in [3.63, 3.8) is 0 Å². The highest BCUT2D eigenvalue weighted by Gasteiger charge is 2.30. The first kappa shape index (κ1) is 20.4. The molecule has 0 saturated heterocycles. The van der Waals surface area contributed by atoms with Crippen LogP contribution in [0.2, 0.25) is 0 Å². The highest BCUT2D eigenvalue weighted by Crippen LogP contribution is 2.52. The summed E-state index contributed by atoms with van der Waals surface area (Å²) in [7, 11) is -1.52. The Bertz CT molecular complexity index is 1080. The normalized spacial score (nSPS) is 11.4. The summed E-state index contributed by atoms with van der Waals surface area (Å²) in [4.78, 5) is 4.25. The monoisotopic (exact) mass is 425 g/mol. The maximum Gasteiger partial charge on any atom is 0.319 e.